The average Bonchev–Trinajstić information content (AvgIpc) is 2.41. The van der Waals surface area contributed by atoms with Gasteiger partial charge in [-0.05, 0) is 26.1 Å². The molecule has 1 atom stereocenters. The zero-order valence-corrected chi connectivity index (χ0v) is 11.5. The first-order chi connectivity index (χ1) is 9.04. The maximum absolute atomic E-state index is 12.6. The maximum Gasteiger partial charge on any atom is 0.254 e. The lowest BCUT2D eigenvalue weighted by Crippen LogP contribution is -2.56. The highest BCUT2D eigenvalue weighted by Gasteiger charge is 2.29. The van der Waals surface area contributed by atoms with E-state index < -0.39 is 0 Å². The number of benzene rings is 1. The normalized spacial score (nSPS) is 20.6. The smallest absolute Gasteiger partial charge is 0.254 e. The van der Waals surface area contributed by atoms with Gasteiger partial charge in [0.2, 0.25) is 0 Å². The van der Waals surface area contributed by atoms with E-state index in [1.54, 1.807) is 25.1 Å². The van der Waals surface area contributed by atoms with Crippen LogP contribution in [0.1, 0.15) is 15.9 Å². The van der Waals surface area contributed by atoms with Gasteiger partial charge in [0.1, 0.15) is 5.75 Å². The number of rotatable bonds is 2. The van der Waals surface area contributed by atoms with Crippen molar-refractivity contribution in [1.29, 1.82) is 0 Å². The number of aromatic hydroxyl groups is 1. The molecule has 3 N–H and O–H groups in total. The SMILES string of the molecule is Cc1c(O)cccc1C(=O)N1CCN(C)CC1CN. The number of piperazine rings is 1. The second kappa shape index (κ2) is 5.59. The van der Waals surface area contributed by atoms with Gasteiger partial charge in [-0.2, -0.15) is 0 Å². The third-order valence-corrected chi connectivity index (χ3v) is 3.75. The Labute approximate surface area is 113 Å². The van der Waals surface area contributed by atoms with E-state index >= 15 is 0 Å². The van der Waals surface area contributed by atoms with Crippen LogP contribution < -0.4 is 5.73 Å². The monoisotopic (exact) mass is 263 g/mol. The van der Waals surface area contributed by atoms with E-state index in [9.17, 15) is 9.90 Å². The molecule has 1 heterocycles. The molecule has 19 heavy (non-hydrogen) atoms. The van der Waals surface area contributed by atoms with E-state index in [-0.39, 0.29) is 17.7 Å². The molecule has 1 aliphatic heterocycles. The van der Waals surface area contributed by atoms with Gasteiger partial charge in [-0.25, -0.2) is 0 Å². The predicted octanol–water partition coefficient (Wildman–Crippen LogP) is 0.416. The molecule has 1 fully saturated rings. The summed E-state index contributed by atoms with van der Waals surface area (Å²) >= 11 is 0. The minimum absolute atomic E-state index is 0.0352. The molecule has 0 aromatic heterocycles. The minimum Gasteiger partial charge on any atom is -0.508 e. The third kappa shape index (κ3) is 2.72. The van der Waals surface area contributed by atoms with Crippen molar-refractivity contribution in [2.45, 2.75) is 13.0 Å². The van der Waals surface area contributed by atoms with Crippen LogP contribution in [0.5, 0.6) is 5.75 Å². The lowest BCUT2D eigenvalue weighted by atomic mass is 10.0. The summed E-state index contributed by atoms with van der Waals surface area (Å²) in [6.45, 7) is 4.52. The quantitative estimate of drug-likeness (QED) is 0.811. The van der Waals surface area contributed by atoms with Crippen molar-refractivity contribution < 1.29 is 9.90 Å². The van der Waals surface area contributed by atoms with E-state index in [0.717, 1.165) is 13.1 Å². The molecule has 104 valence electrons. The molecular formula is C14H21N3O2. The summed E-state index contributed by atoms with van der Waals surface area (Å²) in [5.41, 5.74) is 6.96. The highest BCUT2D eigenvalue weighted by Crippen LogP contribution is 2.22. The molecule has 0 aliphatic carbocycles. The van der Waals surface area contributed by atoms with Gasteiger partial charge >= 0.3 is 0 Å². The van der Waals surface area contributed by atoms with Crippen LogP contribution >= 0.6 is 0 Å². The molecule has 0 spiro atoms. The van der Waals surface area contributed by atoms with Gasteiger partial charge in [0.25, 0.3) is 5.91 Å². The lowest BCUT2D eigenvalue weighted by molar-refractivity contribution is 0.0515. The van der Waals surface area contributed by atoms with Crippen LogP contribution in [-0.2, 0) is 0 Å². The van der Waals surface area contributed by atoms with Gasteiger partial charge in [-0.1, -0.05) is 6.07 Å². The van der Waals surface area contributed by atoms with Crippen LogP contribution in [0.15, 0.2) is 18.2 Å². The van der Waals surface area contributed by atoms with Crippen LogP contribution in [0.3, 0.4) is 0 Å². The number of nitrogens with zero attached hydrogens (tertiary/aromatic N) is 2. The van der Waals surface area contributed by atoms with Gasteiger partial charge in [-0.15, -0.1) is 0 Å². The Morgan fingerprint density at radius 3 is 2.89 bits per heavy atom. The van der Waals surface area contributed by atoms with Crippen molar-refractivity contribution in [3.8, 4) is 5.75 Å². The van der Waals surface area contributed by atoms with E-state index in [1.165, 1.54) is 0 Å². The highest BCUT2D eigenvalue weighted by molar-refractivity contribution is 5.96. The number of amides is 1. The summed E-state index contributed by atoms with van der Waals surface area (Å²) in [5.74, 6) is 0.112. The third-order valence-electron chi connectivity index (χ3n) is 3.75. The summed E-state index contributed by atoms with van der Waals surface area (Å²) in [6, 6.07) is 5.08. The Balaban J connectivity index is 2.25. The van der Waals surface area contributed by atoms with Crippen molar-refractivity contribution in [2.75, 3.05) is 33.2 Å². The molecule has 1 saturated heterocycles. The van der Waals surface area contributed by atoms with Crippen LogP contribution in [0.2, 0.25) is 0 Å². The number of nitrogens with two attached hydrogens (primary N) is 1. The maximum atomic E-state index is 12.6. The molecule has 0 radical (unpaired) electrons. The van der Waals surface area contributed by atoms with Gasteiger partial charge in [0.15, 0.2) is 0 Å². The number of phenolic OH excluding ortho intramolecular Hbond substituents is 1. The summed E-state index contributed by atoms with van der Waals surface area (Å²) in [6.07, 6.45) is 0. The fourth-order valence-corrected chi connectivity index (χ4v) is 2.49. The van der Waals surface area contributed by atoms with Gasteiger partial charge in [0.05, 0.1) is 6.04 Å². The van der Waals surface area contributed by atoms with Gasteiger partial charge < -0.3 is 20.6 Å². The number of carbonyl (C=O) groups excluding carboxylic acids is 1. The van der Waals surface area contributed by atoms with Crippen LogP contribution in [0, 0.1) is 6.92 Å². The zero-order valence-electron chi connectivity index (χ0n) is 11.5. The fraction of sp³-hybridized carbons (Fsp3) is 0.500. The van der Waals surface area contributed by atoms with Gasteiger partial charge in [0, 0.05) is 37.3 Å². The standard InChI is InChI=1S/C14H21N3O2/c1-10-12(4-3-5-13(10)18)14(19)17-7-6-16(2)9-11(17)8-15/h3-5,11,18H,6-9,15H2,1-2H3. The number of carbonyl (C=O) groups is 1. The highest BCUT2D eigenvalue weighted by atomic mass is 16.3. The molecule has 0 saturated carbocycles. The van der Waals surface area contributed by atoms with E-state index in [4.69, 9.17) is 5.73 Å². The largest absolute Gasteiger partial charge is 0.508 e. The Hall–Kier alpha value is -1.59. The number of hydrogen-bond donors (Lipinski definition) is 2. The van der Waals surface area contributed by atoms with Crippen molar-refractivity contribution in [3.63, 3.8) is 0 Å². The second-order valence-corrected chi connectivity index (χ2v) is 5.10. The Bertz CT molecular complexity index is 476. The van der Waals surface area contributed by atoms with Crippen molar-refractivity contribution in [1.82, 2.24) is 9.80 Å². The number of phenols is 1. The molecule has 1 aromatic rings. The molecule has 1 aromatic carbocycles. The van der Waals surface area contributed by atoms with Crippen LogP contribution in [-0.4, -0.2) is 60.1 Å². The zero-order chi connectivity index (χ0) is 14.0. The van der Waals surface area contributed by atoms with E-state index in [0.29, 0.717) is 24.2 Å². The van der Waals surface area contributed by atoms with Gasteiger partial charge in [-0.3, -0.25) is 4.79 Å². The molecule has 5 heteroatoms. The Morgan fingerprint density at radius 2 is 2.21 bits per heavy atom. The first-order valence-corrected chi connectivity index (χ1v) is 6.52. The van der Waals surface area contributed by atoms with Crippen molar-refractivity contribution in [2.24, 2.45) is 5.73 Å². The van der Waals surface area contributed by atoms with Crippen LogP contribution in [0.25, 0.3) is 0 Å². The predicted molar refractivity (Wildman–Crippen MR) is 74.2 cm³/mol. The van der Waals surface area contributed by atoms with E-state index in [2.05, 4.69) is 4.90 Å². The van der Waals surface area contributed by atoms with E-state index in [1.807, 2.05) is 11.9 Å². The summed E-state index contributed by atoms with van der Waals surface area (Å²) < 4.78 is 0. The summed E-state index contributed by atoms with van der Waals surface area (Å²) in [4.78, 5) is 16.6. The second-order valence-electron chi connectivity index (χ2n) is 5.10. The Morgan fingerprint density at radius 1 is 1.47 bits per heavy atom. The molecule has 1 aliphatic rings. The number of hydrogen-bond acceptors (Lipinski definition) is 4. The van der Waals surface area contributed by atoms with Crippen LogP contribution in [0.4, 0.5) is 0 Å². The minimum atomic E-state index is -0.0445. The molecule has 1 unspecified atom stereocenters. The lowest BCUT2D eigenvalue weighted by Gasteiger charge is -2.39. The first-order valence-electron chi connectivity index (χ1n) is 6.52. The molecule has 5 nitrogen and oxygen atoms in total. The molecular weight excluding hydrogens is 242 g/mol. The Kier molecular flexibility index (Phi) is 4.07. The summed E-state index contributed by atoms with van der Waals surface area (Å²) in [5, 5.41) is 9.71. The number of likely N-dealkylation sites (N-methyl/N-ethyl adjacent to an activating group) is 1. The van der Waals surface area contributed by atoms with Crippen molar-refractivity contribution >= 4 is 5.91 Å². The molecule has 0 bridgehead atoms. The van der Waals surface area contributed by atoms with Crippen molar-refractivity contribution in [3.05, 3.63) is 29.3 Å². The molecule has 2 rings (SSSR count). The summed E-state index contributed by atoms with van der Waals surface area (Å²) in [7, 11) is 2.03. The fourth-order valence-electron chi connectivity index (χ4n) is 2.49. The average molecular weight is 263 g/mol. The topological polar surface area (TPSA) is 69.8 Å². The molecule has 1 amide bonds. The first kappa shape index (κ1) is 13.8.